The lowest BCUT2D eigenvalue weighted by atomic mass is 10.1. The molecule has 0 heterocycles. The van der Waals surface area contributed by atoms with Gasteiger partial charge in [-0.25, -0.2) is 4.39 Å². The number of ether oxygens (including phenoxy) is 1. The number of thioether (sulfide) groups is 1. The third-order valence-corrected chi connectivity index (χ3v) is 9.22. The summed E-state index contributed by atoms with van der Waals surface area (Å²) in [5.74, 6) is -0.763. The third-order valence-electron chi connectivity index (χ3n) is 7.62. The Labute approximate surface area is 309 Å². The van der Waals surface area contributed by atoms with E-state index in [-0.39, 0.29) is 22.2 Å². The van der Waals surface area contributed by atoms with Crippen LogP contribution in [0.25, 0.3) is 6.08 Å². The molecule has 0 saturated heterocycles. The maximum Gasteiger partial charge on any atom is 0.272 e. The molecule has 0 aliphatic carbocycles. The highest BCUT2D eigenvalue weighted by Crippen LogP contribution is 2.37. The van der Waals surface area contributed by atoms with Crippen molar-refractivity contribution in [3.05, 3.63) is 191 Å². The van der Waals surface area contributed by atoms with Crippen molar-refractivity contribution in [3.63, 3.8) is 0 Å². The SMILES string of the molecule is O=C(Nc1ccc(SC(C(=O)Nc2ccc(Oc3ccccc3)cc2)c2ccccc2)cc1)/C(=C/c1c(F)cccc1Cl)NC(=O)c1ccccc1. The summed E-state index contributed by atoms with van der Waals surface area (Å²) in [7, 11) is 0. The van der Waals surface area contributed by atoms with Crippen molar-refractivity contribution < 1.29 is 23.5 Å². The molecule has 1 unspecified atom stereocenters. The van der Waals surface area contributed by atoms with Crippen LogP contribution in [0.1, 0.15) is 26.7 Å². The second-order valence-corrected chi connectivity index (χ2v) is 12.9. The highest BCUT2D eigenvalue weighted by Gasteiger charge is 2.23. The van der Waals surface area contributed by atoms with Crippen molar-refractivity contribution in [1.82, 2.24) is 5.32 Å². The largest absolute Gasteiger partial charge is 0.457 e. The minimum atomic E-state index is -0.689. The second-order valence-electron chi connectivity index (χ2n) is 11.3. The van der Waals surface area contributed by atoms with Gasteiger partial charge in [0.25, 0.3) is 11.8 Å². The first-order valence-electron chi connectivity index (χ1n) is 16.1. The normalized spacial score (nSPS) is 11.6. The molecule has 10 heteroatoms. The molecule has 52 heavy (non-hydrogen) atoms. The van der Waals surface area contributed by atoms with Crippen LogP contribution >= 0.6 is 23.4 Å². The zero-order valence-corrected chi connectivity index (χ0v) is 29.0. The Hall–Kier alpha value is -6.16. The molecule has 0 bridgehead atoms. The molecule has 7 nitrogen and oxygen atoms in total. The summed E-state index contributed by atoms with van der Waals surface area (Å²) in [5, 5.41) is 7.83. The number of nitrogens with one attached hydrogen (secondary N) is 3. The van der Waals surface area contributed by atoms with E-state index in [0.717, 1.165) is 10.5 Å². The maximum atomic E-state index is 14.7. The lowest BCUT2D eigenvalue weighted by Gasteiger charge is -2.18. The quantitative estimate of drug-likeness (QED) is 0.0862. The zero-order chi connectivity index (χ0) is 36.3. The van der Waals surface area contributed by atoms with E-state index in [1.54, 1.807) is 78.9 Å². The minimum absolute atomic E-state index is 0.0453. The van der Waals surface area contributed by atoms with Crippen LogP contribution in [-0.2, 0) is 9.59 Å². The van der Waals surface area contributed by atoms with Gasteiger partial charge >= 0.3 is 0 Å². The van der Waals surface area contributed by atoms with Gasteiger partial charge < -0.3 is 20.7 Å². The molecule has 6 aromatic rings. The van der Waals surface area contributed by atoms with Crippen molar-refractivity contribution in [2.45, 2.75) is 10.1 Å². The molecule has 0 aliphatic rings. The number of para-hydroxylation sites is 1. The van der Waals surface area contributed by atoms with Crippen LogP contribution in [0.5, 0.6) is 11.5 Å². The Kier molecular flexibility index (Phi) is 11.8. The predicted octanol–water partition coefficient (Wildman–Crippen LogP) is 10.2. The number of hydrogen-bond acceptors (Lipinski definition) is 5. The summed E-state index contributed by atoms with van der Waals surface area (Å²) in [6, 6.07) is 45.4. The fourth-order valence-corrected chi connectivity index (χ4v) is 6.27. The number of rotatable bonds is 12. The molecular formula is C42H31ClFN3O4S. The van der Waals surface area contributed by atoms with Crippen LogP contribution in [0.15, 0.2) is 168 Å². The van der Waals surface area contributed by atoms with Crippen LogP contribution in [0, 0.1) is 5.82 Å². The average molecular weight is 728 g/mol. The van der Waals surface area contributed by atoms with Crippen molar-refractivity contribution in [3.8, 4) is 11.5 Å². The smallest absolute Gasteiger partial charge is 0.272 e. The average Bonchev–Trinajstić information content (AvgIpc) is 3.17. The molecule has 1 atom stereocenters. The molecule has 0 fully saturated rings. The molecule has 0 aliphatic heterocycles. The minimum Gasteiger partial charge on any atom is -0.457 e. The third kappa shape index (κ3) is 9.54. The van der Waals surface area contributed by atoms with E-state index in [9.17, 15) is 18.8 Å². The first-order chi connectivity index (χ1) is 25.3. The van der Waals surface area contributed by atoms with E-state index in [0.29, 0.717) is 28.4 Å². The molecular weight excluding hydrogens is 697 g/mol. The fourth-order valence-electron chi connectivity index (χ4n) is 5.03. The van der Waals surface area contributed by atoms with E-state index in [1.165, 1.54) is 36.0 Å². The van der Waals surface area contributed by atoms with Crippen LogP contribution in [0.3, 0.4) is 0 Å². The monoisotopic (exact) mass is 727 g/mol. The van der Waals surface area contributed by atoms with Crippen molar-refractivity contribution in [2.24, 2.45) is 0 Å². The summed E-state index contributed by atoms with van der Waals surface area (Å²) < 4.78 is 20.6. The molecule has 3 N–H and O–H groups in total. The Morgan fingerprint density at radius 3 is 1.88 bits per heavy atom. The first-order valence-corrected chi connectivity index (χ1v) is 17.4. The van der Waals surface area contributed by atoms with Gasteiger partial charge in [0.2, 0.25) is 5.91 Å². The van der Waals surface area contributed by atoms with Gasteiger partial charge in [-0.05, 0) is 96.6 Å². The van der Waals surface area contributed by atoms with Gasteiger partial charge in [0.1, 0.15) is 28.3 Å². The molecule has 0 radical (unpaired) electrons. The van der Waals surface area contributed by atoms with Gasteiger partial charge in [0.05, 0.1) is 5.02 Å². The summed E-state index contributed by atoms with van der Waals surface area (Å²) in [4.78, 5) is 40.9. The van der Waals surface area contributed by atoms with Gasteiger partial charge in [-0.15, -0.1) is 11.8 Å². The number of hydrogen-bond donors (Lipinski definition) is 3. The van der Waals surface area contributed by atoms with E-state index in [4.69, 9.17) is 16.3 Å². The van der Waals surface area contributed by atoms with Crippen molar-refractivity contribution >= 4 is 58.5 Å². The molecule has 6 aromatic carbocycles. The number of halogens is 2. The lowest BCUT2D eigenvalue weighted by Crippen LogP contribution is -2.30. The molecule has 6 rings (SSSR count). The summed E-state index contributed by atoms with van der Waals surface area (Å²) in [6.07, 6.45) is 1.20. The van der Waals surface area contributed by atoms with E-state index in [1.807, 2.05) is 60.7 Å². The van der Waals surface area contributed by atoms with E-state index >= 15 is 0 Å². The maximum absolute atomic E-state index is 14.7. The lowest BCUT2D eigenvalue weighted by molar-refractivity contribution is -0.116. The number of carbonyl (C=O) groups excluding carboxylic acids is 3. The topological polar surface area (TPSA) is 96.5 Å². The highest BCUT2D eigenvalue weighted by molar-refractivity contribution is 8.00. The van der Waals surface area contributed by atoms with Gasteiger partial charge in [-0.2, -0.15) is 0 Å². The summed E-state index contributed by atoms with van der Waals surface area (Å²) in [6.45, 7) is 0. The van der Waals surface area contributed by atoms with Crippen molar-refractivity contribution in [1.29, 1.82) is 0 Å². The van der Waals surface area contributed by atoms with Gasteiger partial charge in [-0.1, -0.05) is 84.4 Å². The fraction of sp³-hybridized carbons (Fsp3) is 0.0238. The van der Waals surface area contributed by atoms with Crippen LogP contribution in [-0.4, -0.2) is 17.7 Å². The standard InChI is InChI=1S/C42H31ClFN3O4S/c43-36-17-10-18-37(44)35(36)27-38(47-40(48)29-13-6-2-7-14-29)41(49)45-31-21-25-34(26-22-31)52-39(28-11-4-1-5-12-28)42(50)46-30-19-23-33(24-20-30)51-32-15-8-3-9-16-32/h1-27,39H,(H,45,49)(H,46,50)(H,47,48)/b38-27-. The molecule has 0 spiro atoms. The highest BCUT2D eigenvalue weighted by atomic mass is 35.5. The Morgan fingerprint density at radius 1 is 0.654 bits per heavy atom. The van der Waals surface area contributed by atoms with Gasteiger partial charge in [0, 0.05) is 27.4 Å². The number of carbonyl (C=O) groups is 3. The van der Waals surface area contributed by atoms with Crippen LogP contribution < -0.4 is 20.7 Å². The number of anilines is 2. The molecule has 3 amide bonds. The van der Waals surface area contributed by atoms with Gasteiger partial charge in [0.15, 0.2) is 0 Å². The Bertz CT molecular complexity index is 2170. The van der Waals surface area contributed by atoms with Crippen LogP contribution in [0.2, 0.25) is 5.02 Å². The number of amides is 3. The van der Waals surface area contributed by atoms with E-state index < -0.39 is 22.9 Å². The van der Waals surface area contributed by atoms with E-state index in [2.05, 4.69) is 16.0 Å². The zero-order valence-electron chi connectivity index (χ0n) is 27.5. The molecule has 0 saturated carbocycles. The summed E-state index contributed by atoms with van der Waals surface area (Å²) in [5.41, 5.74) is 1.89. The number of benzene rings is 6. The second kappa shape index (κ2) is 17.2. The van der Waals surface area contributed by atoms with Crippen LogP contribution in [0.4, 0.5) is 15.8 Å². The molecule has 258 valence electrons. The summed E-state index contributed by atoms with van der Waals surface area (Å²) >= 11 is 7.58. The Balaban J connectivity index is 1.16. The first kappa shape index (κ1) is 35.7. The molecule has 0 aromatic heterocycles. The predicted molar refractivity (Wildman–Crippen MR) is 205 cm³/mol. The van der Waals surface area contributed by atoms with Crippen molar-refractivity contribution in [2.75, 3.05) is 10.6 Å². The van der Waals surface area contributed by atoms with Gasteiger partial charge in [-0.3, -0.25) is 14.4 Å². The Morgan fingerprint density at radius 2 is 1.23 bits per heavy atom.